The summed E-state index contributed by atoms with van der Waals surface area (Å²) in [5, 5.41) is 7.84. The van der Waals surface area contributed by atoms with Crippen LogP contribution in [0.4, 0.5) is 5.69 Å². The number of likely N-dealkylation sites (tertiary alicyclic amines) is 1. The summed E-state index contributed by atoms with van der Waals surface area (Å²) in [6, 6.07) is 11.5. The maximum absolute atomic E-state index is 13.2. The molecule has 0 saturated carbocycles. The molecule has 7 heteroatoms. The largest absolute Gasteiger partial charge is 0.396 e. The standard InChI is InChI=1S/C19H20N6O/c20-17-16(8-9-21-18(17)14-5-2-1-3-6-14)19(26)25-11-4-7-15(25)13-24-12-10-22-23-24/h1-3,5-6,8-10,12,15H,4,7,11,13,20H2/t15-/m0/s1. The van der Waals surface area contributed by atoms with Crippen molar-refractivity contribution in [2.75, 3.05) is 12.3 Å². The van der Waals surface area contributed by atoms with Crippen molar-refractivity contribution in [2.24, 2.45) is 0 Å². The first-order valence-electron chi connectivity index (χ1n) is 8.69. The fourth-order valence-electron chi connectivity index (χ4n) is 3.48. The summed E-state index contributed by atoms with van der Waals surface area (Å²) in [7, 11) is 0. The first kappa shape index (κ1) is 16.3. The summed E-state index contributed by atoms with van der Waals surface area (Å²) < 4.78 is 1.77. The molecule has 1 aromatic carbocycles. The molecule has 0 aliphatic carbocycles. The maximum Gasteiger partial charge on any atom is 0.256 e. The van der Waals surface area contributed by atoms with Crippen LogP contribution in [0.3, 0.4) is 0 Å². The average molecular weight is 348 g/mol. The van der Waals surface area contributed by atoms with Gasteiger partial charge in [-0.25, -0.2) is 0 Å². The molecule has 1 aliphatic rings. The second-order valence-electron chi connectivity index (χ2n) is 6.41. The number of amides is 1. The molecule has 2 N–H and O–H groups in total. The Hall–Kier alpha value is -3.22. The van der Waals surface area contributed by atoms with Gasteiger partial charge in [0.25, 0.3) is 5.91 Å². The number of carbonyl (C=O) groups excluding carboxylic acids is 1. The maximum atomic E-state index is 13.2. The zero-order valence-electron chi connectivity index (χ0n) is 14.3. The van der Waals surface area contributed by atoms with E-state index in [1.165, 1.54) is 0 Å². The Morgan fingerprint density at radius 1 is 1.19 bits per heavy atom. The van der Waals surface area contributed by atoms with Crippen molar-refractivity contribution in [2.45, 2.75) is 25.4 Å². The SMILES string of the molecule is Nc1c(C(=O)N2CCC[C@H]2Cn2ccnn2)ccnc1-c1ccccc1. The monoisotopic (exact) mass is 348 g/mol. The van der Waals surface area contributed by atoms with Crippen molar-refractivity contribution in [1.29, 1.82) is 0 Å². The number of nitrogens with two attached hydrogens (primary N) is 1. The first-order valence-corrected chi connectivity index (χ1v) is 8.69. The smallest absolute Gasteiger partial charge is 0.256 e. The van der Waals surface area contributed by atoms with Gasteiger partial charge in [-0.15, -0.1) is 5.10 Å². The van der Waals surface area contributed by atoms with E-state index in [9.17, 15) is 4.79 Å². The lowest BCUT2D eigenvalue weighted by atomic mass is 10.1. The van der Waals surface area contributed by atoms with Crippen molar-refractivity contribution >= 4 is 11.6 Å². The van der Waals surface area contributed by atoms with E-state index in [1.54, 1.807) is 23.1 Å². The minimum Gasteiger partial charge on any atom is -0.396 e. The van der Waals surface area contributed by atoms with Crippen LogP contribution in [0, 0.1) is 0 Å². The Morgan fingerprint density at radius 3 is 2.81 bits per heavy atom. The molecule has 2 aromatic heterocycles. The van der Waals surface area contributed by atoms with E-state index < -0.39 is 0 Å². The minimum absolute atomic E-state index is 0.0512. The quantitative estimate of drug-likeness (QED) is 0.781. The molecule has 1 amide bonds. The molecule has 1 fully saturated rings. The summed E-state index contributed by atoms with van der Waals surface area (Å²) >= 11 is 0. The lowest BCUT2D eigenvalue weighted by molar-refractivity contribution is 0.0722. The second kappa shape index (κ2) is 6.95. The number of hydrogen-bond donors (Lipinski definition) is 1. The number of carbonyl (C=O) groups is 1. The summed E-state index contributed by atoms with van der Waals surface area (Å²) in [5.41, 5.74) is 8.80. The van der Waals surface area contributed by atoms with Crippen LogP contribution in [0.2, 0.25) is 0 Å². The predicted octanol–water partition coefficient (Wildman–Crippen LogP) is 2.23. The number of pyridine rings is 1. The molecule has 1 atom stereocenters. The Bertz CT molecular complexity index is 894. The highest BCUT2D eigenvalue weighted by molar-refractivity contribution is 6.02. The highest BCUT2D eigenvalue weighted by atomic mass is 16.2. The van der Waals surface area contributed by atoms with Gasteiger partial charge >= 0.3 is 0 Å². The van der Waals surface area contributed by atoms with E-state index in [1.807, 2.05) is 41.4 Å². The van der Waals surface area contributed by atoms with Gasteiger partial charge in [-0.05, 0) is 18.9 Å². The number of aromatic nitrogens is 4. The van der Waals surface area contributed by atoms with E-state index in [2.05, 4.69) is 15.3 Å². The van der Waals surface area contributed by atoms with Gasteiger partial charge in [0.15, 0.2) is 0 Å². The lowest BCUT2D eigenvalue weighted by Gasteiger charge is -2.25. The van der Waals surface area contributed by atoms with Gasteiger partial charge in [-0.2, -0.15) is 0 Å². The van der Waals surface area contributed by atoms with Crippen LogP contribution in [0.25, 0.3) is 11.3 Å². The van der Waals surface area contributed by atoms with Crippen LogP contribution >= 0.6 is 0 Å². The van der Waals surface area contributed by atoms with Crippen LogP contribution in [0.15, 0.2) is 55.0 Å². The number of anilines is 1. The fourth-order valence-corrected chi connectivity index (χ4v) is 3.48. The molecule has 7 nitrogen and oxygen atoms in total. The van der Waals surface area contributed by atoms with E-state index in [-0.39, 0.29) is 11.9 Å². The van der Waals surface area contributed by atoms with Crippen LogP contribution in [0.5, 0.6) is 0 Å². The number of nitrogen functional groups attached to an aromatic ring is 1. The van der Waals surface area contributed by atoms with Gasteiger partial charge in [-0.3, -0.25) is 14.5 Å². The molecule has 1 saturated heterocycles. The van der Waals surface area contributed by atoms with Crippen molar-refractivity contribution in [3.8, 4) is 11.3 Å². The molecule has 0 bridgehead atoms. The van der Waals surface area contributed by atoms with Crippen LogP contribution in [0.1, 0.15) is 23.2 Å². The predicted molar refractivity (Wildman–Crippen MR) is 98.2 cm³/mol. The molecular weight excluding hydrogens is 328 g/mol. The molecule has 0 unspecified atom stereocenters. The topological polar surface area (TPSA) is 89.9 Å². The van der Waals surface area contributed by atoms with Gasteiger partial charge in [0, 0.05) is 24.5 Å². The summed E-state index contributed by atoms with van der Waals surface area (Å²) in [6.07, 6.45) is 7.03. The van der Waals surface area contributed by atoms with Gasteiger partial charge in [0.05, 0.1) is 35.7 Å². The summed E-state index contributed by atoms with van der Waals surface area (Å²) in [6.45, 7) is 1.36. The van der Waals surface area contributed by atoms with E-state index in [0.29, 0.717) is 23.5 Å². The Labute approximate surface area is 151 Å². The van der Waals surface area contributed by atoms with Gasteiger partial charge in [0.2, 0.25) is 0 Å². The fraction of sp³-hybridized carbons (Fsp3) is 0.263. The highest BCUT2D eigenvalue weighted by Crippen LogP contribution is 2.29. The average Bonchev–Trinajstić information content (AvgIpc) is 3.34. The number of rotatable bonds is 4. The molecule has 26 heavy (non-hydrogen) atoms. The summed E-state index contributed by atoms with van der Waals surface area (Å²) in [4.78, 5) is 19.4. The van der Waals surface area contributed by atoms with E-state index in [4.69, 9.17) is 5.73 Å². The Morgan fingerprint density at radius 2 is 2.04 bits per heavy atom. The third-order valence-electron chi connectivity index (χ3n) is 4.78. The number of hydrogen-bond acceptors (Lipinski definition) is 5. The number of nitrogens with zero attached hydrogens (tertiary/aromatic N) is 5. The normalized spacial score (nSPS) is 16.8. The molecule has 3 aromatic rings. The highest BCUT2D eigenvalue weighted by Gasteiger charge is 2.31. The minimum atomic E-state index is -0.0512. The molecule has 3 heterocycles. The zero-order valence-corrected chi connectivity index (χ0v) is 14.3. The molecular formula is C19H20N6O. The van der Waals surface area contributed by atoms with Crippen molar-refractivity contribution in [3.05, 3.63) is 60.6 Å². The first-order chi connectivity index (χ1) is 12.7. The molecule has 4 rings (SSSR count). The lowest BCUT2D eigenvalue weighted by Crippen LogP contribution is -2.38. The van der Waals surface area contributed by atoms with Crippen LogP contribution in [-0.4, -0.2) is 43.4 Å². The summed E-state index contributed by atoms with van der Waals surface area (Å²) in [5.74, 6) is -0.0512. The molecule has 132 valence electrons. The number of benzene rings is 1. The third-order valence-corrected chi connectivity index (χ3v) is 4.78. The van der Waals surface area contributed by atoms with Crippen LogP contribution in [-0.2, 0) is 6.54 Å². The van der Waals surface area contributed by atoms with Gasteiger partial charge in [-0.1, -0.05) is 35.5 Å². The Balaban J connectivity index is 1.62. The zero-order chi connectivity index (χ0) is 17.9. The second-order valence-corrected chi connectivity index (χ2v) is 6.41. The van der Waals surface area contributed by atoms with Crippen molar-refractivity contribution in [3.63, 3.8) is 0 Å². The Kier molecular flexibility index (Phi) is 4.35. The van der Waals surface area contributed by atoms with E-state index in [0.717, 1.165) is 24.9 Å². The van der Waals surface area contributed by atoms with E-state index >= 15 is 0 Å². The third kappa shape index (κ3) is 3.03. The van der Waals surface area contributed by atoms with Gasteiger partial charge < -0.3 is 10.6 Å². The molecule has 1 aliphatic heterocycles. The molecule has 0 spiro atoms. The van der Waals surface area contributed by atoms with Crippen molar-refractivity contribution < 1.29 is 4.79 Å². The molecule has 0 radical (unpaired) electrons. The van der Waals surface area contributed by atoms with Gasteiger partial charge in [0.1, 0.15) is 0 Å². The van der Waals surface area contributed by atoms with Crippen molar-refractivity contribution in [1.82, 2.24) is 24.9 Å². The van der Waals surface area contributed by atoms with Crippen LogP contribution < -0.4 is 5.73 Å².